The molecule has 1 heterocycles. The van der Waals surface area contributed by atoms with E-state index in [1.54, 1.807) is 0 Å². The lowest BCUT2D eigenvalue weighted by Crippen LogP contribution is -1.95. The quantitative estimate of drug-likeness (QED) is 0.613. The number of anilines is 1. The van der Waals surface area contributed by atoms with E-state index in [-0.39, 0.29) is 0 Å². The molecule has 0 saturated heterocycles. The smallest absolute Gasteiger partial charge is 0.0457 e. The molecule has 1 aromatic heterocycles. The Morgan fingerprint density at radius 1 is 0.947 bits per heavy atom. The lowest BCUT2D eigenvalue weighted by atomic mass is 10.0. The number of rotatable bonds is 2. The van der Waals surface area contributed by atoms with Crippen LogP contribution in [0, 0.1) is 0 Å². The molecule has 0 atom stereocenters. The van der Waals surface area contributed by atoms with Crippen LogP contribution in [-0.2, 0) is 6.42 Å². The first-order chi connectivity index (χ1) is 9.13. The molecule has 19 heavy (non-hydrogen) atoms. The summed E-state index contributed by atoms with van der Waals surface area (Å²) in [5, 5.41) is 1.23. The van der Waals surface area contributed by atoms with Gasteiger partial charge in [-0.05, 0) is 41.5 Å². The van der Waals surface area contributed by atoms with Crippen molar-refractivity contribution in [1.29, 1.82) is 0 Å². The second-order valence-electron chi connectivity index (χ2n) is 4.52. The van der Waals surface area contributed by atoms with Crippen molar-refractivity contribution in [2.24, 2.45) is 0 Å². The molecule has 0 fully saturated rings. The molecule has 0 unspecified atom stereocenters. The zero-order valence-corrected chi connectivity index (χ0v) is 13.3. The Morgan fingerprint density at radius 2 is 1.68 bits per heavy atom. The molecule has 3 aromatic rings. The fraction of sp³-hybridized carbons (Fsp3) is 0.0667. The third kappa shape index (κ3) is 2.55. The average Bonchev–Trinajstić information content (AvgIpc) is 2.75. The molecule has 3 rings (SSSR count). The van der Waals surface area contributed by atoms with Crippen LogP contribution >= 0.6 is 31.9 Å². The number of benzene rings is 2. The van der Waals surface area contributed by atoms with Gasteiger partial charge in [0, 0.05) is 38.2 Å². The van der Waals surface area contributed by atoms with Gasteiger partial charge < -0.3 is 10.7 Å². The number of nitrogen functional groups attached to an aromatic ring is 1. The van der Waals surface area contributed by atoms with Crippen molar-refractivity contribution in [3.63, 3.8) is 0 Å². The Hall–Kier alpha value is -1.26. The van der Waals surface area contributed by atoms with E-state index in [4.69, 9.17) is 5.73 Å². The van der Waals surface area contributed by atoms with Crippen molar-refractivity contribution in [3.8, 4) is 0 Å². The Kier molecular flexibility index (Phi) is 3.37. The maximum atomic E-state index is 6.06. The van der Waals surface area contributed by atoms with E-state index in [0.717, 1.165) is 32.1 Å². The standard InChI is InChI=1S/C15H12Br2N2/c16-11-3-4-15-13(6-11)10(8-19-15)5-9-1-2-12(17)7-14(9)18/h1-4,6-8,19H,5,18H2. The first-order valence-corrected chi connectivity index (χ1v) is 7.51. The van der Waals surface area contributed by atoms with Crippen molar-refractivity contribution < 1.29 is 0 Å². The topological polar surface area (TPSA) is 41.8 Å². The summed E-state index contributed by atoms with van der Waals surface area (Å²) < 4.78 is 2.10. The summed E-state index contributed by atoms with van der Waals surface area (Å²) in [6.45, 7) is 0. The van der Waals surface area contributed by atoms with Crippen molar-refractivity contribution in [2.45, 2.75) is 6.42 Å². The Bertz CT molecular complexity index is 747. The third-order valence-electron chi connectivity index (χ3n) is 3.22. The van der Waals surface area contributed by atoms with Gasteiger partial charge in [-0.1, -0.05) is 37.9 Å². The number of nitrogens with one attached hydrogen (secondary N) is 1. The zero-order valence-electron chi connectivity index (χ0n) is 10.1. The molecule has 0 aliphatic rings. The van der Waals surface area contributed by atoms with Crippen LogP contribution in [0.2, 0.25) is 0 Å². The Morgan fingerprint density at radius 3 is 2.47 bits per heavy atom. The van der Waals surface area contributed by atoms with Crippen LogP contribution < -0.4 is 5.73 Å². The molecule has 0 saturated carbocycles. The average molecular weight is 380 g/mol. The van der Waals surface area contributed by atoms with Gasteiger partial charge >= 0.3 is 0 Å². The van der Waals surface area contributed by atoms with E-state index in [2.05, 4.69) is 61.2 Å². The SMILES string of the molecule is Nc1cc(Br)ccc1Cc1c[nH]c2ccc(Br)cc12. The summed E-state index contributed by atoms with van der Waals surface area (Å²) in [5.74, 6) is 0. The molecule has 0 spiro atoms. The van der Waals surface area contributed by atoms with Gasteiger partial charge in [0.15, 0.2) is 0 Å². The van der Waals surface area contributed by atoms with Crippen molar-refractivity contribution in [1.82, 2.24) is 4.98 Å². The Labute approximate surface area is 128 Å². The second-order valence-corrected chi connectivity index (χ2v) is 6.36. The summed E-state index contributed by atoms with van der Waals surface area (Å²) >= 11 is 6.95. The van der Waals surface area contributed by atoms with Crippen LogP contribution in [0.1, 0.15) is 11.1 Å². The normalized spacial score (nSPS) is 11.1. The summed E-state index contributed by atoms with van der Waals surface area (Å²) in [7, 11) is 0. The molecule has 3 N–H and O–H groups in total. The molecule has 0 radical (unpaired) electrons. The van der Waals surface area contributed by atoms with Crippen LogP contribution in [0.5, 0.6) is 0 Å². The van der Waals surface area contributed by atoms with Gasteiger partial charge in [0.2, 0.25) is 0 Å². The number of nitrogens with two attached hydrogens (primary N) is 1. The van der Waals surface area contributed by atoms with Crippen LogP contribution in [0.25, 0.3) is 10.9 Å². The van der Waals surface area contributed by atoms with Crippen LogP contribution in [-0.4, -0.2) is 4.98 Å². The predicted molar refractivity (Wildman–Crippen MR) is 87.4 cm³/mol. The number of aromatic amines is 1. The number of hydrogen-bond acceptors (Lipinski definition) is 1. The van der Waals surface area contributed by atoms with E-state index in [1.165, 1.54) is 10.9 Å². The lowest BCUT2D eigenvalue weighted by molar-refractivity contribution is 1.21. The molecule has 0 aliphatic heterocycles. The minimum absolute atomic E-state index is 0.818. The van der Waals surface area contributed by atoms with Crippen molar-refractivity contribution in [2.75, 3.05) is 5.73 Å². The van der Waals surface area contributed by atoms with Gasteiger partial charge in [-0.3, -0.25) is 0 Å². The van der Waals surface area contributed by atoms with Crippen molar-refractivity contribution in [3.05, 3.63) is 62.7 Å². The highest BCUT2D eigenvalue weighted by Gasteiger charge is 2.07. The molecular weight excluding hydrogens is 368 g/mol. The van der Waals surface area contributed by atoms with E-state index in [9.17, 15) is 0 Å². The van der Waals surface area contributed by atoms with Crippen molar-refractivity contribution >= 4 is 48.5 Å². The molecule has 0 amide bonds. The molecule has 0 aliphatic carbocycles. The lowest BCUT2D eigenvalue weighted by Gasteiger charge is -2.05. The van der Waals surface area contributed by atoms with E-state index in [1.807, 2.05) is 18.2 Å². The van der Waals surface area contributed by atoms with E-state index >= 15 is 0 Å². The first kappa shape index (κ1) is 12.8. The van der Waals surface area contributed by atoms with Crippen LogP contribution in [0.3, 0.4) is 0 Å². The maximum absolute atomic E-state index is 6.06. The third-order valence-corrected chi connectivity index (χ3v) is 4.20. The number of H-pyrrole nitrogens is 1. The minimum Gasteiger partial charge on any atom is -0.398 e. The fourth-order valence-electron chi connectivity index (χ4n) is 2.23. The first-order valence-electron chi connectivity index (χ1n) is 5.93. The van der Waals surface area contributed by atoms with Crippen LogP contribution in [0.4, 0.5) is 5.69 Å². The number of aromatic nitrogens is 1. The summed E-state index contributed by atoms with van der Waals surface area (Å²) in [6, 6.07) is 12.3. The highest BCUT2D eigenvalue weighted by atomic mass is 79.9. The molecule has 2 aromatic carbocycles. The number of fused-ring (bicyclic) bond motifs is 1. The summed E-state index contributed by atoms with van der Waals surface area (Å²) in [6.07, 6.45) is 2.88. The highest BCUT2D eigenvalue weighted by Crippen LogP contribution is 2.27. The van der Waals surface area contributed by atoms with Gasteiger partial charge in [0.1, 0.15) is 0 Å². The monoisotopic (exact) mass is 378 g/mol. The maximum Gasteiger partial charge on any atom is 0.0457 e. The number of hydrogen-bond donors (Lipinski definition) is 2. The van der Waals surface area contributed by atoms with Gasteiger partial charge in [0.05, 0.1) is 0 Å². The van der Waals surface area contributed by atoms with E-state index < -0.39 is 0 Å². The molecular formula is C15H12Br2N2. The van der Waals surface area contributed by atoms with Gasteiger partial charge in [-0.2, -0.15) is 0 Å². The Balaban J connectivity index is 2.03. The number of halogens is 2. The summed E-state index contributed by atoms with van der Waals surface area (Å²) in [4.78, 5) is 3.30. The zero-order chi connectivity index (χ0) is 13.4. The van der Waals surface area contributed by atoms with Crippen LogP contribution in [0.15, 0.2) is 51.5 Å². The summed E-state index contributed by atoms with van der Waals surface area (Å²) in [5.41, 5.74) is 10.4. The minimum atomic E-state index is 0.818. The molecule has 0 bridgehead atoms. The van der Waals surface area contributed by atoms with Gasteiger partial charge in [-0.15, -0.1) is 0 Å². The molecule has 96 valence electrons. The molecule has 2 nitrogen and oxygen atoms in total. The molecule has 4 heteroatoms. The largest absolute Gasteiger partial charge is 0.398 e. The predicted octanol–water partition coefficient (Wildman–Crippen LogP) is 4.87. The van der Waals surface area contributed by atoms with Gasteiger partial charge in [0.25, 0.3) is 0 Å². The second kappa shape index (κ2) is 5.02. The van der Waals surface area contributed by atoms with E-state index in [0.29, 0.717) is 0 Å². The van der Waals surface area contributed by atoms with Gasteiger partial charge in [-0.25, -0.2) is 0 Å². The highest BCUT2D eigenvalue weighted by molar-refractivity contribution is 9.10. The fourth-order valence-corrected chi connectivity index (χ4v) is 2.97.